The Morgan fingerprint density at radius 1 is 1.32 bits per heavy atom. The first-order valence-corrected chi connectivity index (χ1v) is 9.33. The van der Waals surface area contributed by atoms with Crippen LogP contribution in [0, 0.1) is 0 Å². The molecule has 1 aromatic heterocycles. The van der Waals surface area contributed by atoms with E-state index in [-0.39, 0.29) is 24.1 Å². The summed E-state index contributed by atoms with van der Waals surface area (Å²) in [5.74, 6) is -0.0806. The molecular formula is C20H24N4O4. The summed E-state index contributed by atoms with van der Waals surface area (Å²) in [6.07, 6.45) is 5.09. The van der Waals surface area contributed by atoms with Crippen LogP contribution in [0.2, 0.25) is 0 Å². The van der Waals surface area contributed by atoms with Gasteiger partial charge >= 0.3 is 0 Å². The van der Waals surface area contributed by atoms with E-state index < -0.39 is 11.5 Å². The molecule has 1 fully saturated rings. The molecule has 2 amide bonds. The number of hydrogen-bond donors (Lipinski definition) is 1. The van der Waals surface area contributed by atoms with Crippen LogP contribution in [0.4, 0.5) is 5.69 Å². The number of aromatic amines is 1. The van der Waals surface area contributed by atoms with Gasteiger partial charge in [-0.25, -0.2) is 4.98 Å². The van der Waals surface area contributed by atoms with Gasteiger partial charge in [-0.15, -0.1) is 0 Å². The number of anilines is 1. The van der Waals surface area contributed by atoms with Gasteiger partial charge in [-0.3, -0.25) is 14.4 Å². The fourth-order valence-electron chi connectivity index (χ4n) is 3.43. The first-order valence-electron chi connectivity index (χ1n) is 9.33. The van der Waals surface area contributed by atoms with Crippen LogP contribution in [0.1, 0.15) is 36.5 Å². The maximum atomic E-state index is 13.0. The molecule has 8 heteroatoms. The van der Waals surface area contributed by atoms with Crippen molar-refractivity contribution in [2.24, 2.45) is 0 Å². The molecule has 3 rings (SSSR count). The number of ether oxygens (including phenoxy) is 1. The summed E-state index contributed by atoms with van der Waals surface area (Å²) in [7, 11) is 1.56. The van der Waals surface area contributed by atoms with Gasteiger partial charge in [0.1, 0.15) is 17.9 Å². The highest BCUT2D eigenvalue weighted by Crippen LogP contribution is 2.31. The van der Waals surface area contributed by atoms with Crippen LogP contribution in [0.5, 0.6) is 5.75 Å². The first-order chi connectivity index (χ1) is 13.6. The SMILES string of the molecule is CCCCC1CN(c2ccccc2OC)C(=O)CN1C(=O)c1cnc[nH]c1=O. The molecule has 1 N–H and O–H groups in total. The standard InChI is InChI=1S/C20H24N4O4/c1-3-4-7-14-11-24(16-8-5-6-9-17(16)28-2)18(25)12-23(14)20(27)15-10-21-13-22-19(15)26/h5-6,8-10,13-14H,3-4,7,11-12H2,1-2H3,(H,21,22,26). The van der Waals surface area contributed by atoms with Crippen molar-refractivity contribution in [3.8, 4) is 5.75 Å². The summed E-state index contributed by atoms with van der Waals surface area (Å²) < 4.78 is 5.39. The van der Waals surface area contributed by atoms with Crippen LogP contribution in [-0.4, -0.2) is 52.9 Å². The van der Waals surface area contributed by atoms with Crippen molar-refractivity contribution >= 4 is 17.5 Å². The fourth-order valence-corrected chi connectivity index (χ4v) is 3.43. The molecule has 0 aliphatic carbocycles. The molecule has 28 heavy (non-hydrogen) atoms. The fraction of sp³-hybridized carbons (Fsp3) is 0.400. The summed E-state index contributed by atoms with van der Waals surface area (Å²) in [5.41, 5.74) is 0.124. The van der Waals surface area contributed by atoms with Crippen molar-refractivity contribution in [3.05, 3.63) is 52.7 Å². The molecule has 1 aliphatic rings. The summed E-state index contributed by atoms with van der Waals surface area (Å²) in [4.78, 5) is 47.3. The molecule has 1 aliphatic heterocycles. The minimum Gasteiger partial charge on any atom is -0.495 e. The number of rotatable bonds is 6. The summed E-state index contributed by atoms with van der Waals surface area (Å²) >= 11 is 0. The molecule has 1 atom stereocenters. The van der Waals surface area contributed by atoms with Crippen LogP contribution < -0.4 is 15.2 Å². The predicted molar refractivity (Wildman–Crippen MR) is 105 cm³/mol. The quantitative estimate of drug-likeness (QED) is 0.820. The number of H-pyrrole nitrogens is 1. The van der Waals surface area contributed by atoms with Crippen molar-refractivity contribution in [2.45, 2.75) is 32.2 Å². The minimum absolute atomic E-state index is 0.0532. The number of para-hydroxylation sites is 2. The van der Waals surface area contributed by atoms with Gasteiger partial charge in [-0.2, -0.15) is 0 Å². The van der Waals surface area contributed by atoms with Gasteiger partial charge in [0, 0.05) is 12.7 Å². The number of hydrogen-bond acceptors (Lipinski definition) is 5. The van der Waals surface area contributed by atoms with Crippen molar-refractivity contribution in [1.82, 2.24) is 14.9 Å². The average molecular weight is 384 g/mol. The highest BCUT2D eigenvalue weighted by Gasteiger charge is 2.37. The van der Waals surface area contributed by atoms with Crippen molar-refractivity contribution in [3.63, 3.8) is 0 Å². The van der Waals surface area contributed by atoms with E-state index in [2.05, 4.69) is 16.9 Å². The Hall–Kier alpha value is -3.16. The molecule has 148 valence electrons. The number of carbonyl (C=O) groups excluding carboxylic acids is 2. The van der Waals surface area contributed by atoms with Crippen LogP contribution in [0.3, 0.4) is 0 Å². The number of unbranched alkanes of at least 4 members (excludes halogenated alkanes) is 1. The van der Waals surface area contributed by atoms with E-state index in [0.717, 1.165) is 19.3 Å². The van der Waals surface area contributed by atoms with Gasteiger partial charge in [-0.05, 0) is 18.6 Å². The third-order valence-electron chi connectivity index (χ3n) is 4.92. The van der Waals surface area contributed by atoms with E-state index in [1.54, 1.807) is 18.1 Å². The van der Waals surface area contributed by atoms with E-state index in [9.17, 15) is 14.4 Å². The molecule has 0 bridgehead atoms. The molecule has 2 aromatic rings. The van der Waals surface area contributed by atoms with Gasteiger partial charge < -0.3 is 19.5 Å². The number of amides is 2. The molecule has 0 saturated carbocycles. The van der Waals surface area contributed by atoms with Gasteiger partial charge in [-0.1, -0.05) is 31.9 Å². The molecular weight excluding hydrogens is 360 g/mol. The van der Waals surface area contributed by atoms with Crippen molar-refractivity contribution in [2.75, 3.05) is 25.1 Å². The average Bonchev–Trinajstić information content (AvgIpc) is 2.72. The number of nitrogens with zero attached hydrogens (tertiary/aromatic N) is 3. The highest BCUT2D eigenvalue weighted by molar-refractivity contribution is 6.02. The Morgan fingerprint density at radius 3 is 2.82 bits per heavy atom. The third kappa shape index (κ3) is 3.90. The van der Waals surface area contributed by atoms with Gasteiger partial charge in [0.25, 0.3) is 11.5 Å². The van der Waals surface area contributed by atoms with E-state index in [0.29, 0.717) is 18.0 Å². The molecule has 0 spiro atoms. The first kappa shape index (κ1) is 19.6. The Labute approximate surface area is 163 Å². The lowest BCUT2D eigenvalue weighted by atomic mass is 10.0. The second kappa shape index (κ2) is 8.69. The number of carbonyl (C=O) groups is 2. The topological polar surface area (TPSA) is 95.6 Å². The maximum absolute atomic E-state index is 13.0. The van der Waals surface area contributed by atoms with Gasteiger partial charge in [0.05, 0.1) is 25.2 Å². The highest BCUT2D eigenvalue weighted by atomic mass is 16.5. The van der Waals surface area contributed by atoms with Crippen molar-refractivity contribution < 1.29 is 14.3 Å². The smallest absolute Gasteiger partial charge is 0.263 e. The third-order valence-corrected chi connectivity index (χ3v) is 4.92. The Kier molecular flexibility index (Phi) is 6.08. The normalized spacial score (nSPS) is 16.9. The molecule has 1 saturated heterocycles. The zero-order chi connectivity index (χ0) is 20.1. The molecule has 1 aromatic carbocycles. The Bertz CT molecular complexity index is 911. The summed E-state index contributed by atoms with van der Waals surface area (Å²) in [5, 5.41) is 0. The lowest BCUT2D eigenvalue weighted by Gasteiger charge is -2.41. The Morgan fingerprint density at radius 2 is 2.11 bits per heavy atom. The van der Waals surface area contributed by atoms with Crippen LogP contribution in [0.25, 0.3) is 0 Å². The number of nitrogens with one attached hydrogen (secondary N) is 1. The number of aromatic nitrogens is 2. The zero-order valence-corrected chi connectivity index (χ0v) is 16.1. The minimum atomic E-state index is -0.506. The predicted octanol–water partition coefficient (Wildman–Crippen LogP) is 1.83. The largest absolute Gasteiger partial charge is 0.495 e. The molecule has 0 radical (unpaired) electrons. The molecule has 8 nitrogen and oxygen atoms in total. The molecule has 2 heterocycles. The lowest BCUT2D eigenvalue weighted by molar-refractivity contribution is -0.121. The van der Waals surface area contributed by atoms with Crippen LogP contribution in [-0.2, 0) is 4.79 Å². The lowest BCUT2D eigenvalue weighted by Crippen LogP contribution is -2.58. The number of benzene rings is 1. The molecule has 1 unspecified atom stereocenters. The second-order valence-electron chi connectivity index (χ2n) is 6.70. The zero-order valence-electron chi connectivity index (χ0n) is 16.1. The summed E-state index contributed by atoms with van der Waals surface area (Å²) in [6.45, 7) is 2.33. The van der Waals surface area contributed by atoms with Crippen LogP contribution >= 0.6 is 0 Å². The van der Waals surface area contributed by atoms with E-state index in [4.69, 9.17) is 4.74 Å². The van der Waals surface area contributed by atoms with Crippen LogP contribution in [0.15, 0.2) is 41.6 Å². The van der Waals surface area contributed by atoms with Gasteiger partial charge in [0.15, 0.2) is 0 Å². The number of piperazine rings is 1. The monoisotopic (exact) mass is 384 g/mol. The van der Waals surface area contributed by atoms with E-state index in [1.165, 1.54) is 17.4 Å². The van der Waals surface area contributed by atoms with E-state index in [1.807, 2.05) is 18.2 Å². The van der Waals surface area contributed by atoms with E-state index >= 15 is 0 Å². The number of methoxy groups -OCH3 is 1. The van der Waals surface area contributed by atoms with Gasteiger partial charge in [0.2, 0.25) is 5.91 Å². The maximum Gasteiger partial charge on any atom is 0.263 e. The summed E-state index contributed by atoms with van der Waals surface area (Å²) in [6, 6.07) is 7.12. The Balaban J connectivity index is 1.91. The second-order valence-corrected chi connectivity index (χ2v) is 6.70. The van der Waals surface area contributed by atoms with Crippen molar-refractivity contribution in [1.29, 1.82) is 0 Å².